The van der Waals surface area contributed by atoms with Crippen LogP contribution < -0.4 is 16.2 Å². The van der Waals surface area contributed by atoms with E-state index in [1.54, 1.807) is 11.3 Å². The van der Waals surface area contributed by atoms with Crippen LogP contribution in [-0.4, -0.2) is 17.7 Å². The van der Waals surface area contributed by atoms with Gasteiger partial charge in [-0.25, -0.2) is 9.59 Å². The number of anilines is 1. The summed E-state index contributed by atoms with van der Waals surface area (Å²) in [7, 11) is 2.11. The Bertz CT molecular complexity index is 3340. The lowest BCUT2D eigenvalue weighted by molar-refractivity contribution is 0.562. The van der Waals surface area contributed by atoms with E-state index in [2.05, 4.69) is 109 Å². The van der Waals surface area contributed by atoms with E-state index in [1.807, 2.05) is 61.5 Å². The van der Waals surface area contributed by atoms with Crippen LogP contribution in [0.25, 0.3) is 97.7 Å². The summed E-state index contributed by atoms with van der Waals surface area (Å²) >= 11 is 1.59. The first-order valence-electron chi connectivity index (χ1n) is 19.3. The minimum atomic E-state index is -0.334. The molecule has 0 atom stereocenters. The zero-order valence-corrected chi connectivity index (χ0v) is 32.9. The standard InChI is InChI=1S/C50H38N2O4S/c1-5-52(6-2)37-17-20-38-29(3)48(50(54)56-45(38)28-37)31-13-11-30(12-14-31)34-15-18-39-40-19-16-35(26-43(40)51(4)42(39)25-34)46-21-22-47(57-46)41-24-36-23-32-9-7-8-10-33(32)27-44(36)55-49(41)53/h7-28H,5-6H2,1-4H3. The number of hydrogen-bond donors (Lipinski definition) is 0. The fourth-order valence-corrected chi connectivity index (χ4v) is 9.45. The van der Waals surface area contributed by atoms with Crippen LogP contribution in [-0.2, 0) is 7.05 Å². The number of thiophene rings is 1. The molecule has 10 aromatic rings. The summed E-state index contributed by atoms with van der Waals surface area (Å²) in [5.74, 6) is 0. The number of benzene rings is 6. The second-order valence-corrected chi connectivity index (χ2v) is 15.8. The molecule has 0 unspecified atom stereocenters. The van der Waals surface area contributed by atoms with E-state index in [1.165, 1.54) is 10.8 Å². The van der Waals surface area contributed by atoms with Gasteiger partial charge in [0.15, 0.2) is 0 Å². The van der Waals surface area contributed by atoms with Crippen LogP contribution in [0.1, 0.15) is 19.4 Å². The minimum absolute atomic E-state index is 0.326. The number of nitrogens with zero attached hydrogens (tertiary/aromatic N) is 2. The minimum Gasteiger partial charge on any atom is -0.422 e. The highest BCUT2D eigenvalue weighted by Crippen LogP contribution is 2.39. The third-order valence-corrected chi connectivity index (χ3v) is 12.7. The van der Waals surface area contributed by atoms with Crippen LogP contribution in [0.2, 0.25) is 0 Å². The van der Waals surface area contributed by atoms with Crippen LogP contribution in [0.15, 0.2) is 152 Å². The summed E-state index contributed by atoms with van der Waals surface area (Å²) in [4.78, 5) is 30.8. The number of rotatable bonds is 7. The molecule has 0 aliphatic carbocycles. The van der Waals surface area contributed by atoms with Crippen molar-refractivity contribution < 1.29 is 8.83 Å². The molecule has 0 amide bonds. The van der Waals surface area contributed by atoms with Gasteiger partial charge in [0.05, 0.1) is 11.1 Å². The summed E-state index contributed by atoms with van der Waals surface area (Å²) in [6.45, 7) is 8.02. The molecular formula is C50H38N2O4S. The van der Waals surface area contributed by atoms with Crippen molar-refractivity contribution in [2.75, 3.05) is 18.0 Å². The molecule has 0 N–H and O–H groups in total. The maximum atomic E-state index is 13.4. The third-order valence-electron chi connectivity index (χ3n) is 11.6. The van der Waals surface area contributed by atoms with Gasteiger partial charge in [-0.3, -0.25) is 0 Å². The van der Waals surface area contributed by atoms with Gasteiger partial charge in [-0.2, -0.15) is 0 Å². The van der Waals surface area contributed by atoms with E-state index in [9.17, 15) is 9.59 Å². The average molecular weight is 763 g/mol. The number of hydrogen-bond acceptors (Lipinski definition) is 6. The fraction of sp³-hybridized carbons (Fsp3) is 0.120. The largest absolute Gasteiger partial charge is 0.422 e. The lowest BCUT2D eigenvalue weighted by Crippen LogP contribution is -2.21. The van der Waals surface area contributed by atoms with Gasteiger partial charge >= 0.3 is 11.3 Å². The maximum absolute atomic E-state index is 13.4. The Hall–Kier alpha value is -6.70. The van der Waals surface area contributed by atoms with Crippen LogP contribution in [0.4, 0.5) is 5.69 Å². The van der Waals surface area contributed by atoms with E-state index >= 15 is 0 Å². The Labute approximate surface area is 332 Å². The monoisotopic (exact) mass is 762 g/mol. The second kappa shape index (κ2) is 13.5. The first kappa shape index (κ1) is 34.8. The van der Waals surface area contributed by atoms with E-state index in [0.717, 1.165) is 88.9 Å². The molecule has 10 rings (SSSR count). The van der Waals surface area contributed by atoms with Crippen molar-refractivity contribution in [2.45, 2.75) is 20.8 Å². The van der Waals surface area contributed by atoms with Gasteiger partial charge in [0.1, 0.15) is 11.2 Å². The lowest BCUT2D eigenvalue weighted by Gasteiger charge is -2.21. The highest BCUT2D eigenvalue weighted by molar-refractivity contribution is 7.18. The molecule has 4 aromatic heterocycles. The topological polar surface area (TPSA) is 68.6 Å². The molecule has 4 heterocycles. The van der Waals surface area contributed by atoms with E-state index < -0.39 is 0 Å². The Morgan fingerprint density at radius 3 is 1.91 bits per heavy atom. The molecule has 0 aliphatic heterocycles. The van der Waals surface area contributed by atoms with Gasteiger partial charge in [0.25, 0.3) is 0 Å². The molecule has 278 valence electrons. The molecule has 0 spiro atoms. The Balaban J connectivity index is 0.955. The normalized spacial score (nSPS) is 11.8. The smallest absolute Gasteiger partial charge is 0.345 e. The lowest BCUT2D eigenvalue weighted by atomic mass is 9.96. The van der Waals surface area contributed by atoms with Crippen molar-refractivity contribution in [1.82, 2.24) is 4.57 Å². The van der Waals surface area contributed by atoms with E-state index in [-0.39, 0.29) is 11.3 Å². The molecule has 0 radical (unpaired) electrons. The molecule has 7 heteroatoms. The first-order chi connectivity index (χ1) is 27.8. The Morgan fingerprint density at radius 2 is 1.18 bits per heavy atom. The molecule has 0 saturated carbocycles. The Kier molecular flexibility index (Phi) is 8.23. The molecule has 0 fully saturated rings. The van der Waals surface area contributed by atoms with Gasteiger partial charge in [-0.05, 0) is 114 Å². The molecule has 6 nitrogen and oxygen atoms in total. The number of fused-ring (bicyclic) bond motifs is 6. The van der Waals surface area contributed by atoms with Crippen LogP contribution in [0, 0.1) is 6.92 Å². The number of aromatic nitrogens is 1. The van der Waals surface area contributed by atoms with Crippen molar-refractivity contribution in [2.24, 2.45) is 7.05 Å². The first-order valence-corrected chi connectivity index (χ1v) is 20.1. The van der Waals surface area contributed by atoms with E-state index in [0.29, 0.717) is 22.3 Å². The zero-order valence-electron chi connectivity index (χ0n) is 32.1. The SMILES string of the molecule is CCN(CC)c1ccc2c(C)c(-c3ccc(-c4ccc5c6ccc(-c7ccc(-c8cc9cc%10ccccc%10cc9oc8=O)s7)cc6n(C)c5c4)cc3)c(=O)oc2c1. The van der Waals surface area contributed by atoms with Crippen molar-refractivity contribution in [3.63, 3.8) is 0 Å². The van der Waals surface area contributed by atoms with E-state index in [4.69, 9.17) is 8.83 Å². The van der Waals surface area contributed by atoms with Gasteiger partial charge in [0, 0.05) is 74.2 Å². The molecule has 0 saturated heterocycles. The summed E-state index contributed by atoms with van der Waals surface area (Å²) in [6, 6.07) is 45.7. The van der Waals surface area contributed by atoms with Gasteiger partial charge < -0.3 is 18.3 Å². The predicted octanol–water partition coefficient (Wildman–Crippen LogP) is 12.6. The van der Waals surface area contributed by atoms with Crippen LogP contribution in [0.3, 0.4) is 0 Å². The van der Waals surface area contributed by atoms with Crippen molar-refractivity contribution in [1.29, 1.82) is 0 Å². The zero-order chi connectivity index (χ0) is 38.9. The summed E-state index contributed by atoms with van der Waals surface area (Å²) in [5.41, 5.74) is 10.0. The van der Waals surface area contributed by atoms with Gasteiger partial charge in [-0.1, -0.05) is 72.8 Å². The quantitative estimate of drug-likeness (QED) is 0.119. The van der Waals surface area contributed by atoms with Gasteiger partial charge in [0.2, 0.25) is 0 Å². The van der Waals surface area contributed by atoms with Crippen molar-refractivity contribution in [3.8, 4) is 43.1 Å². The highest BCUT2D eigenvalue weighted by atomic mass is 32.1. The molecule has 0 aliphatic rings. The summed E-state index contributed by atoms with van der Waals surface area (Å²) in [5, 5.41) is 6.36. The molecule has 57 heavy (non-hydrogen) atoms. The summed E-state index contributed by atoms with van der Waals surface area (Å²) < 4.78 is 14.0. The average Bonchev–Trinajstić information content (AvgIpc) is 3.83. The van der Waals surface area contributed by atoms with Crippen molar-refractivity contribution in [3.05, 3.63) is 160 Å². The fourth-order valence-electron chi connectivity index (χ4n) is 8.45. The molecule has 6 aromatic carbocycles. The molecular weight excluding hydrogens is 725 g/mol. The van der Waals surface area contributed by atoms with Crippen LogP contribution in [0.5, 0.6) is 0 Å². The second-order valence-electron chi connectivity index (χ2n) is 14.7. The highest BCUT2D eigenvalue weighted by Gasteiger charge is 2.17. The molecule has 0 bridgehead atoms. The number of aryl methyl sites for hydroxylation is 2. The summed E-state index contributed by atoms with van der Waals surface area (Å²) in [6.07, 6.45) is 0. The predicted molar refractivity (Wildman–Crippen MR) is 238 cm³/mol. The third kappa shape index (κ3) is 5.77. The van der Waals surface area contributed by atoms with Crippen LogP contribution >= 0.6 is 11.3 Å². The maximum Gasteiger partial charge on any atom is 0.345 e. The Morgan fingerprint density at radius 1 is 0.561 bits per heavy atom. The van der Waals surface area contributed by atoms with Gasteiger partial charge in [-0.15, -0.1) is 11.3 Å². The van der Waals surface area contributed by atoms with Crippen molar-refractivity contribution >= 4 is 71.5 Å².